The predicted octanol–water partition coefficient (Wildman–Crippen LogP) is 1.89. The molecule has 0 N–H and O–H groups in total. The lowest BCUT2D eigenvalue weighted by molar-refractivity contribution is 0.768. The molecule has 2 heteroatoms. The molecule has 2 aromatic rings. The molecule has 2 rings (SSSR count). The van der Waals surface area contributed by atoms with Crippen LogP contribution in [0.15, 0.2) is 36.7 Å². The Morgan fingerprint density at radius 3 is 2.58 bits per heavy atom. The maximum atomic E-state index is 4.10. The van der Waals surface area contributed by atoms with Crippen LogP contribution in [-0.4, -0.2) is 9.78 Å². The number of rotatable bonds is 1. The van der Waals surface area contributed by atoms with E-state index in [2.05, 4.69) is 11.2 Å². The molecule has 0 aliphatic carbocycles. The van der Waals surface area contributed by atoms with E-state index in [-0.39, 0.29) is 0 Å². The van der Waals surface area contributed by atoms with Gasteiger partial charge in [-0.1, -0.05) is 24.3 Å². The molecule has 0 bridgehead atoms. The van der Waals surface area contributed by atoms with Crippen LogP contribution in [0.4, 0.5) is 0 Å². The number of aromatic nitrogens is 2. The zero-order valence-corrected chi connectivity index (χ0v) is 6.86. The first kappa shape index (κ1) is 7.10. The van der Waals surface area contributed by atoms with E-state index in [9.17, 15) is 0 Å². The number of benzene rings is 1. The van der Waals surface area contributed by atoms with Gasteiger partial charge in [0.2, 0.25) is 0 Å². The van der Waals surface area contributed by atoms with Gasteiger partial charge in [0.05, 0.1) is 6.20 Å². The van der Waals surface area contributed by atoms with Crippen LogP contribution in [0.2, 0.25) is 0 Å². The largest absolute Gasteiger partial charge is 0.275 e. The maximum absolute atomic E-state index is 4.10. The van der Waals surface area contributed by atoms with Gasteiger partial charge in [-0.3, -0.25) is 4.68 Å². The number of aryl methyl sites for hydroxylation is 1. The van der Waals surface area contributed by atoms with Gasteiger partial charge >= 0.3 is 0 Å². The van der Waals surface area contributed by atoms with E-state index < -0.39 is 0 Å². The molecule has 59 valence electrons. The standard InChI is InChI=1S/C10H9N2/c1-12-8-10(7-11-12)9-5-3-2-4-6-9/h3-8H,1H3. The van der Waals surface area contributed by atoms with E-state index in [1.165, 1.54) is 5.56 Å². The molecule has 0 aliphatic rings. The fraction of sp³-hybridized carbons (Fsp3) is 0.100. The second-order valence-corrected chi connectivity index (χ2v) is 2.69. The third kappa shape index (κ3) is 1.23. The van der Waals surface area contributed by atoms with Crippen LogP contribution >= 0.6 is 0 Å². The molecular formula is C10H9N2. The smallest absolute Gasteiger partial charge is 0.0568 e. The lowest BCUT2D eigenvalue weighted by Gasteiger charge is -1.93. The summed E-state index contributed by atoms with van der Waals surface area (Å²) in [5.74, 6) is 0. The summed E-state index contributed by atoms with van der Waals surface area (Å²) >= 11 is 0. The van der Waals surface area contributed by atoms with E-state index >= 15 is 0 Å². The van der Waals surface area contributed by atoms with Crippen LogP contribution in [0.25, 0.3) is 11.1 Å². The third-order valence-electron chi connectivity index (χ3n) is 1.76. The van der Waals surface area contributed by atoms with Gasteiger partial charge in [0.25, 0.3) is 0 Å². The van der Waals surface area contributed by atoms with Crippen LogP contribution in [0, 0.1) is 6.07 Å². The fourth-order valence-corrected chi connectivity index (χ4v) is 1.15. The molecule has 0 saturated heterocycles. The summed E-state index contributed by atoms with van der Waals surface area (Å²) < 4.78 is 1.80. The molecule has 0 spiro atoms. The third-order valence-corrected chi connectivity index (χ3v) is 1.76. The van der Waals surface area contributed by atoms with Crippen LogP contribution < -0.4 is 0 Å². The topological polar surface area (TPSA) is 17.8 Å². The molecule has 0 saturated carbocycles. The van der Waals surface area contributed by atoms with E-state index in [4.69, 9.17) is 0 Å². The Hall–Kier alpha value is -1.57. The Morgan fingerprint density at radius 1 is 1.25 bits per heavy atom. The first-order chi connectivity index (χ1) is 5.86. The first-order valence-electron chi connectivity index (χ1n) is 3.81. The molecule has 0 fully saturated rings. The molecule has 0 amide bonds. The van der Waals surface area contributed by atoms with Crippen molar-refractivity contribution in [2.24, 2.45) is 7.05 Å². The van der Waals surface area contributed by atoms with E-state index in [1.807, 2.05) is 43.7 Å². The van der Waals surface area contributed by atoms with Gasteiger partial charge in [-0.05, 0) is 11.6 Å². The zero-order valence-electron chi connectivity index (χ0n) is 6.86. The predicted molar refractivity (Wildman–Crippen MR) is 47.5 cm³/mol. The second kappa shape index (κ2) is 2.81. The molecule has 2 nitrogen and oxygen atoms in total. The summed E-state index contributed by atoms with van der Waals surface area (Å²) in [5.41, 5.74) is 2.33. The quantitative estimate of drug-likeness (QED) is 0.618. The van der Waals surface area contributed by atoms with E-state index in [0.717, 1.165) is 5.56 Å². The average molecular weight is 157 g/mol. The van der Waals surface area contributed by atoms with Crippen LogP contribution in [0.1, 0.15) is 0 Å². The molecule has 1 heterocycles. The highest BCUT2D eigenvalue weighted by molar-refractivity contribution is 5.61. The summed E-state index contributed by atoms with van der Waals surface area (Å²) in [6.07, 6.45) is 3.85. The molecule has 1 aromatic heterocycles. The Kier molecular flexibility index (Phi) is 1.67. The minimum absolute atomic E-state index is 1.14. The molecule has 1 aromatic carbocycles. The second-order valence-electron chi connectivity index (χ2n) is 2.69. The molecule has 0 atom stereocenters. The Bertz CT molecular complexity index is 362. The van der Waals surface area contributed by atoms with E-state index in [0.29, 0.717) is 0 Å². The lowest BCUT2D eigenvalue weighted by Crippen LogP contribution is -1.83. The van der Waals surface area contributed by atoms with Gasteiger partial charge in [-0.25, -0.2) is 0 Å². The average Bonchev–Trinajstić information content (AvgIpc) is 2.54. The highest BCUT2D eigenvalue weighted by Crippen LogP contribution is 2.16. The fourth-order valence-electron chi connectivity index (χ4n) is 1.15. The van der Waals surface area contributed by atoms with Gasteiger partial charge < -0.3 is 0 Å². The highest BCUT2D eigenvalue weighted by atomic mass is 15.2. The van der Waals surface area contributed by atoms with Crippen LogP contribution in [0.5, 0.6) is 0 Å². The summed E-state index contributed by atoms with van der Waals surface area (Å²) in [6.45, 7) is 0. The minimum atomic E-state index is 1.14. The van der Waals surface area contributed by atoms with Gasteiger partial charge in [-0.15, -0.1) is 0 Å². The monoisotopic (exact) mass is 157 g/mol. The lowest BCUT2D eigenvalue weighted by atomic mass is 10.1. The Labute approximate surface area is 71.5 Å². The van der Waals surface area contributed by atoms with Crippen molar-refractivity contribution in [2.75, 3.05) is 0 Å². The van der Waals surface area contributed by atoms with Crippen molar-refractivity contribution in [1.29, 1.82) is 0 Å². The molecule has 12 heavy (non-hydrogen) atoms. The molecule has 0 aliphatic heterocycles. The van der Waals surface area contributed by atoms with Crippen molar-refractivity contribution in [1.82, 2.24) is 9.78 Å². The highest BCUT2D eigenvalue weighted by Gasteiger charge is 1.96. The van der Waals surface area contributed by atoms with Crippen molar-refractivity contribution >= 4 is 0 Å². The maximum Gasteiger partial charge on any atom is 0.0568 e. The van der Waals surface area contributed by atoms with Crippen molar-refractivity contribution < 1.29 is 0 Å². The minimum Gasteiger partial charge on any atom is -0.275 e. The Balaban J connectivity index is 2.45. The van der Waals surface area contributed by atoms with Crippen molar-refractivity contribution in [3.05, 3.63) is 42.7 Å². The van der Waals surface area contributed by atoms with Crippen molar-refractivity contribution in [2.45, 2.75) is 0 Å². The number of hydrogen-bond acceptors (Lipinski definition) is 1. The summed E-state index contributed by atoms with van der Waals surface area (Å²) in [6, 6.07) is 10.8. The molecule has 1 radical (unpaired) electrons. The van der Waals surface area contributed by atoms with Gasteiger partial charge in [0, 0.05) is 18.8 Å². The number of hydrogen-bond donors (Lipinski definition) is 0. The van der Waals surface area contributed by atoms with Gasteiger partial charge in [0.1, 0.15) is 0 Å². The molecular weight excluding hydrogens is 148 g/mol. The summed E-state index contributed by atoms with van der Waals surface area (Å²) in [5, 5.41) is 4.10. The van der Waals surface area contributed by atoms with Crippen LogP contribution in [-0.2, 0) is 7.05 Å². The van der Waals surface area contributed by atoms with Crippen molar-refractivity contribution in [3.8, 4) is 11.1 Å². The molecule has 0 unspecified atom stereocenters. The SMILES string of the molecule is Cn1cc(-c2cc[c]cc2)cn1. The summed E-state index contributed by atoms with van der Waals surface area (Å²) in [4.78, 5) is 0. The first-order valence-corrected chi connectivity index (χ1v) is 3.81. The number of nitrogens with zero attached hydrogens (tertiary/aromatic N) is 2. The van der Waals surface area contributed by atoms with Crippen LogP contribution in [0.3, 0.4) is 0 Å². The summed E-state index contributed by atoms with van der Waals surface area (Å²) in [7, 11) is 1.92. The zero-order chi connectivity index (χ0) is 8.39. The van der Waals surface area contributed by atoms with Crippen molar-refractivity contribution in [3.63, 3.8) is 0 Å². The van der Waals surface area contributed by atoms with E-state index in [1.54, 1.807) is 4.68 Å². The van der Waals surface area contributed by atoms with Gasteiger partial charge in [-0.2, -0.15) is 5.10 Å². The van der Waals surface area contributed by atoms with Gasteiger partial charge in [0.15, 0.2) is 0 Å². The normalized spacial score (nSPS) is 10.1. The Morgan fingerprint density at radius 2 is 2.00 bits per heavy atom.